The van der Waals surface area contributed by atoms with E-state index in [0.717, 1.165) is 57.1 Å². The number of hydrogen-bond acceptors (Lipinski definition) is 4. The highest BCUT2D eigenvalue weighted by Crippen LogP contribution is 2.36. The van der Waals surface area contributed by atoms with Gasteiger partial charge in [-0.1, -0.05) is 42.8 Å². The zero-order chi connectivity index (χ0) is 30.3. The van der Waals surface area contributed by atoms with Crippen LogP contribution in [0.5, 0.6) is 0 Å². The molecule has 1 aliphatic heterocycles. The Morgan fingerprint density at radius 2 is 1.61 bits per heavy atom. The lowest BCUT2D eigenvalue weighted by atomic mass is 9.99. The van der Waals surface area contributed by atoms with Crippen molar-refractivity contribution in [2.45, 2.75) is 32.4 Å². The Morgan fingerprint density at radius 1 is 0.818 bits per heavy atom. The van der Waals surface area contributed by atoms with Crippen LogP contribution < -0.4 is 4.72 Å². The van der Waals surface area contributed by atoms with Crippen molar-refractivity contribution in [1.82, 2.24) is 24.8 Å². The third-order valence-corrected chi connectivity index (χ3v) is 9.07. The average molecular weight is 608 g/mol. The Kier molecular flexibility index (Phi) is 7.53. The van der Waals surface area contributed by atoms with E-state index in [1.165, 1.54) is 55.6 Å². The molecule has 0 atom stereocenters. The van der Waals surface area contributed by atoms with Gasteiger partial charge in [-0.2, -0.15) is 5.10 Å². The van der Waals surface area contributed by atoms with Crippen LogP contribution in [0.3, 0.4) is 0 Å². The highest BCUT2D eigenvalue weighted by atomic mass is 32.2. The molecule has 9 heteroatoms. The fraction of sp³-hybridized carbons (Fsp3) is 0.229. The van der Waals surface area contributed by atoms with Gasteiger partial charge in [0.05, 0.1) is 17.5 Å². The number of sulfonamides is 1. The number of H-pyrrole nitrogens is 2. The number of benzene rings is 4. The van der Waals surface area contributed by atoms with Crippen LogP contribution in [0.15, 0.2) is 84.9 Å². The van der Waals surface area contributed by atoms with Gasteiger partial charge in [-0.05, 0) is 108 Å². The normalized spacial score (nSPS) is 14.5. The molecule has 0 aliphatic carbocycles. The fourth-order valence-electron chi connectivity index (χ4n) is 6.28. The highest BCUT2D eigenvalue weighted by Gasteiger charge is 2.16. The Bertz CT molecular complexity index is 2090. The number of aromatic nitrogens is 3. The van der Waals surface area contributed by atoms with Crippen molar-refractivity contribution in [2.75, 3.05) is 19.3 Å². The van der Waals surface area contributed by atoms with Crippen LogP contribution in [-0.2, 0) is 23.1 Å². The van der Waals surface area contributed by atoms with Crippen molar-refractivity contribution in [3.63, 3.8) is 0 Å². The first kappa shape index (κ1) is 28.5. The second-order valence-electron chi connectivity index (χ2n) is 11.8. The van der Waals surface area contributed by atoms with Gasteiger partial charge in [0.25, 0.3) is 0 Å². The molecule has 3 heterocycles. The van der Waals surface area contributed by atoms with E-state index < -0.39 is 15.8 Å². The van der Waals surface area contributed by atoms with Gasteiger partial charge in [0.1, 0.15) is 11.5 Å². The van der Waals surface area contributed by atoms with Crippen molar-refractivity contribution in [3.05, 3.63) is 102 Å². The number of nitrogens with one attached hydrogen (secondary N) is 3. The van der Waals surface area contributed by atoms with E-state index in [0.29, 0.717) is 11.1 Å². The molecule has 224 valence electrons. The molecule has 0 amide bonds. The topological polar surface area (TPSA) is 93.9 Å². The molecule has 7 nitrogen and oxygen atoms in total. The van der Waals surface area contributed by atoms with Gasteiger partial charge in [-0.15, -0.1) is 0 Å². The summed E-state index contributed by atoms with van der Waals surface area (Å²) >= 11 is 0. The fourth-order valence-corrected chi connectivity index (χ4v) is 6.71. The van der Waals surface area contributed by atoms with E-state index in [1.807, 2.05) is 30.3 Å². The lowest BCUT2D eigenvalue weighted by molar-refractivity contribution is 0.221. The SMILES string of the molecule is CS(=O)(=O)NCc1cc(F)cc(-c2cccc3[nH]c(-c4n[nH]c5ccc(-c6cccc(CN7CCCCC7)c6)cc45)cc23)c1. The molecule has 0 spiro atoms. The minimum Gasteiger partial charge on any atom is -0.353 e. The van der Waals surface area contributed by atoms with Gasteiger partial charge >= 0.3 is 0 Å². The summed E-state index contributed by atoms with van der Waals surface area (Å²) in [5, 5.41) is 9.80. The number of hydrogen-bond donors (Lipinski definition) is 3. The molecule has 0 bridgehead atoms. The number of halogens is 1. The average Bonchev–Trinajstić information content (AvgIpc) is 3.64. The van der Waals surface area contributed by atoms with E-state index in [4.69, 9.17) is 0 Å². The molecule has 2 aromatic heterocycles. The first-order valence-electron chi connectivity index (χ1n) is 15.0. The number of likely N-dealkylation sites (tertiary alicyclic amines) is 1. The summed E-state index contributed by atoms with van der Waals surface area (Å²) in [4.78, 5) is 6.06. The number of aromatic amines is 2. The van der Waals surface area contributed by atoms with Gasteiger partial charge in [-0.3, -0.25) is 10.00 Å². The van der Waals surface area contributed by atoms with E-state index in [1.54, 1.807) is 0 Å². The number of piperidine rings is 1. The predicted octanol–water partition coefficient (Wildman–Crippen LogP) is 7.22. The molecule has 7 rings (SSSR count). The minimum absolute atomic E-state index is 0.0146. The van der Waals surface area contributed by atoms with Crippen molar-refractivity contribution in [3.8, 4) is 33.6 Å². The summed E-state index contributed by atoms with van der Waals surface area (Å²) in [7, 11) is -3.41. The lowest BCUT2D eigenvalue weighted by Crippen LogP contribution is -2.29. The standard InChI is InChI=1S/C35H34FN5O2S/c1-44(42,43)37-21-24-16-27(18-28(36)17-24)29-9-6-10-32-30(29)20-34(38-32)35-31-19-26(11-12-33(31)39-40-35)25-8-5-7-23(15-25)22-41-13-3-2-4-14-41/h5-12,15-20,37-38H,2-4,13-14,21-22H2,1H3,(H,39,40). The van der Waals surface area contributed by atoms with Crippen LogP contribution in [0.1, 0.15) is 30.4 Å². The zero-order valence-corrected chi connectivity index (χ0v) is 25.3. The van der Waals surface area contributed by atoms with Crippen LogP contribution in [0, 0.1) is 5.82 Å². The van der Waals surface area contributed by atoms with Crippen LogP contribution in [0.2, 0.25) is 0 Å². The summed E-state index contributed by atoms with van der Waals surface area (Å²) in [5.74, 6) is -0.425. The molecule has 44 heavy (non-hydrogen) atoms. The monoisotopic (exact) mass is 607 g/mol. The Balaban J connectivity index is 1.23. The predicted molar refractivity (Wildman–Crippen MR) is 175 cm³/mol. The summed E-state index contributed by atoms with van der Waals surface area (Å²) in [6.45, 7) is 3.33. The number of fused-ring (bicyclic) bond motifs is 2. The van der Waals surface area contributed by atoms with Gasteiger partial charge in [0.2, 0.25) is 10.0 Å². The number of rotatable bonds is 8. The van der Waals surface area contributed by atoms with E-state index >= 15 is 0 Å². The summed E-state index contributed by atoms with van der Waals surface area (Å²) in [6.07, 6.45) is 4.98. The summed E-state index contributed by atoms with van der Waals surface area (Å²) < 4.78 is 40.3. The molecule has 0 saturated carbocycles. The van der Waals surface area contributed by atoms with Crippen molar-refractivity contribution in [1.29, 1.82) is 0 Å². The maximum Gasteiger partial charge on any atom is 0.209 e. The number of nitrogens with zero attached hydrogens (tertiary/aromatic N) is 2. The molecule has 0 radical (unpaired) electrons. The first-order chi connectivity index (χ1) is 21.3. The molecule has 1 aliphatic rings. The van der Waals surface area contributed by atoms with Gasteiger partial charge < -0.3 is 4.98 Å². The quantitative estimate of drug-likeness (QED) is 0.170. The third-order valence-electron chi connectivity index (χ3n) is 8.40. The van der Waals surface area contributed by atoms with Crippen LogP contribution in [0.25, 0.3) is 55.4 Å². The molecular weight excluding hydrogens is 573 g/mol. The van der Waals surface area contributed by atoms with E-state index in [9.17, 15) is 12.8 Å². The molecule has 4 aromatic carbocycles. The molecular formula is C35H34FN5O2S. The van der Waals surface area contributed by atoms with Crippen molar-refractivity contribution < 1.29 is 12.8 Å². The van der Waals surface area contributed by atoms with Gasteiger partial charge in [-0.25, -0.2) is 17.5 Å². The third kappa shape index (κ3) is 6.04. The van der Waals surface area contributed by atoms with Crippen LogP contribution in [0.4, 0.5) is 4.39 Å². The molecule has 3 N–H and O–H groups in total. The summed E-state index contributed by atoms with van der Waals surface area (Å²) in [5.41, 5.74) is 9.21. The minimum atomic E-state index is -3.41. The summed E-state index contributed by atoms with van der Waals surface area (Å²) in [6, 6.07) is 27.8. The van der Waals surface area contributed by atoms with Crippen LogP contribution in [-0.4, -0.2) is 47.8 Å². The maximum absolute atomic E-state index is 14.7. The zero-order valence-electron chi connectivity index (χ0n) is 24.5. The van der Waals surface area contributed by atoms with Crippen molar-refractivity contribution in [2.24, 2.45) is 0 Å². The smallest absolute Gasteiger partial charge is 0.209 e. The Labute approximate surface area is 256 Å². The van der Waals surface area contributed by atoms with Gasteiger partial charge in [0.15, 0.2) is 0 Å². The van der Waals surface area contributed by atoms with E-state index in [-0.39, 0.29) is 6.54 Å². The molecule has 6 aromatic rings. The van der Waals surface area contributed by atoms with Crippen LogP contribution >= 0.6 is 0 Å². The Hall–Kier alpha value is -4.31. The molecule has 1 fully saturated rings. The second-order valence-corrected chi connectivity index (χ2v) is 13.6. The van der Waals surface area contributed by atoms with Crippen molar-refractivity contribution >= 4 is 31.8 Å². The van der Waals surface area contributed by atoms with E-state index in [2.05, 4.69) is 67.3 Å². The second kappa shape index (κ2) is 11.6. The highest BCUT2D eigenvalue weighted by molar-refractivity contribution is 7.88. The molecule has 0 unspecified atom stereocenters. The first-order valence-corrected chi connectivity index (χ1v) is 16.8. The largest absolute Gasteiger partial charge is 0.353 e. The van der Waals surface area contributed by atoms with Gasteiger partial charge in [0, 0.05) is 29.4 Å². The Morgan fingerprint density at radius 3 is 2.45 bits per heavy atom. The molecule has 1 saturated heterocycles. The maximum atomic E-state index is 14.7. The lowest BCUT2D eigenvalue weighted by Gasteiger charge is -2.26.